The summed E-state index contributed by atoms with van der Waals surface area (Å²) in [7, 11) is 0. The second-order valence-electron chi connectivity index (χ2n) is 4.30. The van der Waals surface area contributed by atoms with Crippen molar-refractivity contribution in [1.29, 1.82) is 0 Å². The highest BCUT2D eigenvalue weighted by Gasteiger charge is 1.98. The minimum atomic E-state index is 0.495. The molecule has 0 atom stereocenters. The summed E-state index contributed by atoms with van der Waals surface area (Å²) in [6.45, 7) is 10.5. The lowest BCUT2D eigenvalue weighted by Gasteiger charge is -2.09. The van der Waals surface area contributed by atoms with Gasteiger partial charge in [-0.1, -0.05) is 6.58 Å². The molecule has 1 aliphatic heterocycles. The largest absolute Gasteiger partial charge is 0.377 e. The van der Waals surface area contributed by atoms with Crippen molar-refractivity contribution in [2.75, 3.05) is 79.3 Å². The van der Waals surface area contributed by atoms with Crippen molar-refractivity contribution in [2.24, 2.45) is 0 Å². The quantitative estimate of drug-likeness (QED) is 0.611. The van der Waals surface area contributed by atoms with Crippen LogP contribution in [0.3, 0.4) is 0 Å². The molecule has 0 spiro atoms. The normalized spacial score (nSPS) is 23.5. The van der Waals surface area contributed by atoms with Gasteiger partial charge in [0.25, 0.3) is 0 Å². The Morgan fingerprint density at radius 3 is 1.00 bits per heavy atom. The second kappa shape index (κ2) is 13.5. The Morgan fingerprint density at radius 1 is 0.450 bits per heavy atom. The fraction of sp³-hybridized carbons (Fsp3) is 0.857. The zero-order chi connectivity index (χ0) is 14.3. The molecule has 0 radical (unpaired) electrons. The summed E-state index contributed by atoms with van der Waals surface area (Å²) in [5.41, 5.74) is 0.912. The van der Waals surface area contributed by atoms with E-state index in [0.29, 0.717) is 79.3 Å². The minimum Gasteiger partial charge on any atom is -0.377 e. The molecule has 6 nitrogen and oxygen atoms in total. The lowest BCUT2D eigenvalue weighted by Crippen LogP contribution is -2.13. The van der Waals surface area contributed by atoms with Gasteiger partial charge in [-0.05, 0) is 5.57 Å². The van der Waals surface area contributed by atoms with Crippen molar-refractivity contribution in [3.8, 4) is 0 Å². The molecule has 0 bridgehead atoms. The Hall–Kier alpha value is -0.500. The first-order chi connectivity index (χ1) is 9.89. The molecule has 1 saturated heterocycles. The van der Waals surface area contributed by atoms with Gasteiger partial charge in [-0.25, -0.2) is 0 Å². The molecule has 20 heavy (non-hydrogen) atoms. The molecule has 0 aromatic heterocycles. The van der Waals surface area contributed by atoms with Crippen LogP contribution in [-0.4, -0.2) is 79.3 Å². The molecule has 1 heterocycles. The second-order valence-corrected chi connectivity index (χ2v) is 4.30. The van der Waals surface area contributed by atoms with Gasteiger partial charge in [0.05, 0.1) is 79.3 Å². The summed E-state index contributed by atoms with van der Waals surface area (Å²) in [6, 6.07) is 0. The number of hydrogen-bond donors (Lipinski definition) is 0. The Bertz CT molecular complexity index is 212. The van der Waals surface area contributed by atoms with Gasteiger partial charge in [0.1, 0.15) is 0 Å². The SMILES string of the molecule is C=C1COCCOCCOCCOCCOCCOC1. The summed E-state index contributed by atoms with van der Waals surface area (Å²) in [5, 5.41) is 0. The zero-order valence-electron chi connectivity index (χ0n) is 12.1. The summed E-state index contributed by atoms with van der Waals surface area (Å²) in [6.07, 6.45) is 0. The maximum absolute atomic E-state index is 5.41. The topological polar surface area (TPSA) is 55.4 Å². The third-order valence-corrected chi connectivity index (χ3v) is 2.47. The molecule has 0 aliphatic carbocycles. The van der Waals surface area contributed by atoms with E-state index in [4.69, 9.17) is 28.4 Å². The zero-order valence-corrected chi connectivity index (χ0v) is 12.1. The van der Waals surface area contributed by atoms with Gasteiger partial charge in [-0.3, -0.25) is 0 Å². The molecular weight excluding hydrogens is 264 g/mol. The highest BCUT2D eigenvalue weighted by atomic mass is 16.6. The van der Waals surface area contributed by atoms with Crippen molar-refractivity contribution in [2.45, 2.75) is 0 Å². The summed E-state index contributed by atoms with van der Waals surface area (Å²) in [5.74, 6) is 0. The van der Waals surface area contributed by atoms with Crippen molar-refractivity contribution in [3.63, 3.8) is 0 Å². The molecule has 1 aliphatic rings. The van der Waals surface area contributed by atoms with E-state index in [9.17, 15) is 0 Å². The molecule has 0 N–H and O–H groups in total. The van der Waals surface area contributed by atoms with Crippen LogP contribution in [0, 0.1) is 0 Å². The molecule has 1 fully saturated rings. The van der Waals surface area contributed by atoms with Crippen molar-refractivity contribution in [1.82, 2.24) is 0 Å². The van der Waals surface area contributed by atoms with E-state index in [1.54, 1.807) is 0 Å². The first kappa shape index (κ1) is 17.6. The molecule has 0 unspecified atom stereocenters. The van der Waals surface area contributed by atoms with Crippen LogP contribution >= 0.6 is 0 Å². The molecule has 118 valence electrons. The van der Waals surface area contributed by atoms with Crippen molar-refractivity contribution >= 4 is 0 Å². The molecule has 0 aromatic rings. The van der Waals surface area contributed by atoms with Crippen LogP contribution in [0.1, 0.15) is 0 Å². The third kappa shape index (κ3) is 11.3. The van der Waals surface area contributed by atoms with Gasteiger partial charge < -0.3 is 28.4 Å². The van der Waals surface area contributed by atoms with Gasteiger partial charge in [-0.2, -0.15) is 0 Å². The maximum atomic E-state index is 5.41. The van der Waals surface area contributed by atoms with Gasteiger partial charge in [-0.15, -0.1) is 0 Å². The van der Waals surface area contributed by atoms with Crippen molar-refractivity contribution < 1.29 is 28.4 Å². The van der Waals surface area contributed by atoms with Crippen LogP contribution in [0.5, 0.6) is 0 Å². The average Bonchev–Trinajstić information content (AvgIpc) is 2.45. The predicted octanol–water partition coefficient (Wildman–Crippen LogP) is 0.656. The van der Waals surface area contributed by atoms with E-state index in [2.05, 4.69) is 6.58 Å². The van der Waals surface area contributed by atoms with Gasteiger partial charge in [0.15, 0.2) is 0 Å². The Labute approximate surface area is 120 Å². The van der Waals surface area contributed by atoms with Gasteiger partial charge in [0, 0.05) is 0 Å². The standard InChI is InChI=1S/C14H26O6/c1-14-12-19-10-8-17-6-4-15-2-3-16-5-7-18-9-11-20-13-14/h1-13H2. The number of hydrogen-bond acceptors (Lipinski definition) is 6. The van der Waals surface area contributed by atoms with E-state index in [0.717, 1.165) is 5.57 Å². The van der Waals surface area contributed by atoms with Crippen LogP contribution in [0.25, 0.3) is 0 Å². The monoisotopic (exact) mass is 290 g/mol. The predicted molar refractivity (Wildman–Crippen MR) is 74.1 cm³/mol. The van der Waals surface area contributed by atoms with E-state index >= 15 is 0 Å². The number of rotatable bonds is 0. The highest BCUT2D eigenvalue weighted by Crippen LogP contribution is 1.94. The molecule has 0 saturated carbocycles. The highest BCUT2D eigenvalue weighted by molar-refractivity contribution is 4.94. The Balaban J connectivity index is 2.10. The summed E-state index contributed by atoms with van der Waals surface area (Å²) >= 11 is 0. The molecule has 0 amide bonds. The van der Waals surface area contributed by atoms with Gasteiger partial charge in [0.2, 0.25) is 0 Å². The first-order valence-electron chi connectivity index (χ1n) is 7.02. The van der Waals surface area contributed by atoms with E-state index in [-0.39, 0.29) is 0 Å². The minimum absolute atomic E-state index is 0.495. The lowest BCUT2D eigenvalue weighted by atomic mass is 10.3. The summed E-state index contributed by atoms with van der Waals surface area (Å²) in [4.78, 5) is 0. The average molecular weight is 290 g/mol. The third-order valence-electron chi connectivity index (χ3n) is 2.47. The van der Waals surface area contributed by atoms with E-state index < -0.39 is 0 Å². The molecule has 0 aromatic carbocycles. The lowest BCUT2D eigenvalue weighted by molar-refractivity contribution is -0.0122. The van der Waals surface area contributed by atoms with Crippen LogP contribution < -0.4 is 0 Å². The first-order valence-corrected chi connectivity index (χ1v) is 7.02. The molecular formula is C14H26O6. The fourth-order valence-electron chi connectivity index (χ4n) is 1.47. The number of ether oxygens (including phenoxy) is 6. The molecule has 6 heteroatoms. The summed E-state index contributed by atoms with van der Waals surface area (Å²) < 4.78 is 32.3. The molecule has 1 rings (SSSR count). The maximum Gasteiger partial charge on any atom is 0.0704 e. The van der Waals surface area contributed by atoms with Crippen LogP contribution in [0.2, 0.25) is 0 Å². The van der Waals surface area contributed by atoms with E-state index in [1.165, 1.54) is 0 Å². The van der Waals surface area contributed by atoms with Crippen molar-refractivity contribution in [3.05, 3.63) is 12.2 Å². The Kier molecular flexibility index (Phi) is 11.8. The van der Waals surface area contributed by atoms with Crippen LogP contribution in [-0.2, 0) is 28.4 Å². The van der Waals surface area contributed by atoms with Crippen LogP contribution in [0.15, 0.2) is 12.2 Å². The van der Waals surface area contributed by atoms with E-state index in [1.807, 2.05) is 0 Å². The van der Waals surface area contributed by atoms with Crippen LogP contribution in [0.4, 0.5) is 0 Å². The van der Waals surface area contributed by atoms with Gasteiger partial charge >= 0.3 is 0 Å². The fourth-order valence-corrected chi connectivity index (χ4v) is 1.47. The smallest absolute Gasteiger partial charge is 0.0704 e. The Morgan fingerprint density at radius 2 is 0.700 bits per heavy atom.